The topological polar surface area (TPSA) is 84.9 Å². The predicted octanol–water partition coefficient (Wildman–Crippen LogP) is 3.53. The Morgan fingerprint density at radius 3 is 2.55 bits per heavy atom. The molecule has 1 fully saturated rings. The minimum Gasteiger partial charge on any atom is -0.467 e. The molecule has 170 valence electrons. The third-order valence-corrected chi connectivity index (χ3v) is 4.82. The molecule has 1 saturated heterocycles. The zero-order valence-corrected chi connectivity index (χ0v) is 18.5. The average Bonchev–Trinajstić information content (AvgIpc) is 3.20. The summed E-state index contributed by atoms with van der Waals surface area (Å²) < 4.78 is 25.0. The minimum absolute atomic E-state index is 0.200. The van der Waals surface area contributed by atoms with Gasteiger partial charge in [-0.3, -0.25) is 4.79 Å². The van der Waals surface area contributed by atoms with Gasteiger partial charge in [0, 0.05) is 13.0 Å². The number of likely N-dealkylation sites (tertiary alicyclic amines) is 1. The van der Waals surface area contributed by atoms with Gasteiger partial charge in [0.1, 0.15) is 17.5 Å². The third-order valence-electron chi connectivity index (χ3n) is 4.82. The molecule has 1 aliphatic rings. The van der Waals surface area contributed by atoms with Crippen LogP contribution in [0.15, 0.2) is 42.2 Å². The molecule has 2 rings (SSSR count). The van der Waals surface area contributed by atoms with E-state index in [1.807, 2.05) is 30.3 Å². The first-order valence-electron chi connectivity index (χ1n) is 10.4. The van der Waals surface area contributed by atoms with Crippen molar-refractivity contribution in [1.82, 2.24) is 10.2 Å². The van der Waals surface area contributed by atoms with Gasteiger partial charge in [0.2, 0.25) is 5.91 Å². The molecular weight excluding hydrogens is 403 g/mol. The highest BCUT2D eigenvalue weighted by atomic mass is 19.1. The second-order valence-corrected chi connectivity index (χ2v) is 8.45. The molecular formula is C23H31FN2O5. The molecule has 1 aromatic carbocycles. The normalized spacial score (nSPS) is 17.8. The molecule has 0 unspecified atom stereocenters. The summed E-state index contributed by atoms with van der Waals surface area (Å²) in [6, 6.07) is 7.53. The number of halogens is 1. The van der Waals surface area contributed by atoms with Crippen LogP contribution in [0.25, 0.3) is 0 Å². The van der Waals surface area contributed by atoms with Gasteiger partial charge in [-0.25, -0.2) is 14.0 Å². The van der Waals surface area contributed by atoms with Crippen LogP contribution in [-0.4, -0.2) is 54.2 Å². The number of methoxy groups -OCH3 is 1. The van der Waals surface area contributed by atoms with Gasteiger partial charge in [-0.2, -0.15) is 0 Å². The number of hydrogen-bond donors (Lipinski definition) is 1. The first-order valence-corrected chi connectivity index (χ1v) is 10.4. The summed E-state index contributed by atoms with van der Waals surface area (Å²) in [4.78, 5) is 38.0. The standard InChI is InChI=1S/C23H31FN2O5/c1-23(2,3)31-22(29)25-18(15-16-9-6-5-7-10-16)17(24)12-13-20(27)26-14-8-11-19(26)21(28)30-4/h5-7,9-10,12,18-19H,8,11,13-15H2,1-4H3,(H,25,29)/b17-12+/t18-,19-/m0/s1. The highest BCUT2D eigenvalue weighted by Crippen LogP contribution is 2.21. The number of nitrogens with zero attached hydrogens (tertiary/aromatic N) is 1. The maximum Gasteiger partial charge on any atom is 0.408 e. The van der Waals surface area contributed by atoms with Gasteiger partial charge in [0.25, 0.3) is 0 Å². The molecule has 0 bridgehead atoms. The molecule has 31 heavy (non-hydrogen) atoms. The van der Waals surface area contributed by atoms with Gasteiger partial charge >= 0.3 is 12.1 Å². The molecule has 1 N–H and O–H groups in total. The van der Waals surface area contributed by atoms with E-state index in [1.54, 1.807) is 20.8 Å². The van der Waals surface area contributed by atoms with E-state index in [4.69, 9.17) is 9.47 Å². The van der Waals surface area contributed by atoms with Crippen LogP contribution in [0, 0.1) is 0 Å². The predicted molar refractivity (Wildman–Crippen MR) is 114 cm³/mol. The van der Waals surface area contributed by atoms with Crippen molar-refractivity contribution in [2.45, 2.75) is 64.1 Å². The fraction of sp³-hybridized carbons (Fsp3) is 0.522. The van der Waals surface area contributed by atoms with Gasteiger partial charge in [-0.15, -0.1) is 0 Å². The van der Waals surface area contributed by atoms with Gasteiger partial charge in [-0.1, -0.05) is 30.3 Å². The Bertz CT molecular complexity index is 804. The number of alkyl carbamates (subject to hydrolysis) is 1. The molecule has 2 atom stereocenters. The van der Waals surface area contributed by atoms with Crippen LogP contribution in [0.4, 0.5) is 9.18 Å². The average molecular weight is 435 g/mol. The summed E-state index contributed by atoms with van der Waals surface area (Å²) >= 11 is 0. The third kappa shape index (κ3) is 7.70. The second-order valence-electron chi connectivity index (χ2n) is 8.45. The van der Waals surface area contributed by atoms with Crippen molar-refractivity contribution in [3.63, 3.8) is 0 Å². The number of amides is 2. The monoisotopic (exact) mass is 434 g/mol. The van der Waals surface area contributed by atoms with Crippen molar-refractivity contribution >= 4 is 18.0 Å². The number of hydrogen-bond acceptors (Lipinski definition) is 5. The van der Waals surface area contributed by atoms with Crippen LogP contribution in [-0.2, 0) is 25.5 Å². The van der Waals surface area contributed by atoms with Crippen molar-refractivity contribution in [2.75, 3.05) is 13.7 Å². The summed E-state index contributed by atoms with van der Waals surface area (Å²) in [5.41, 5.74) is 0.0969. The van der Waals surface area contributed by atoms with E-state index in [0.717, 1.165) is 11.6 Å². The SMILES string of the molecule is COC(=O)[C@@H]1CCCN1C(=O)C/C=C(/F)[C@H](Cc1ccccc1)NC(=O)OC(C)(C)C. The van der Waals surface area contributed by atoms with E-state index in [-0.39, 0.29) is 18.7 Å². The van der Waals surface area contributed by atoms with E-state index in [0.29, 0.717) is 19.4 Å². The summed E-state index contributed by atoms with van der Waals surface area (Å²) in [5, 5.41) is 2.55. The number of carbonyl (C=O) groups excluding carboxylic acids is 3. The number of esters is 1. The zero-order valence-electron chi connectivity index (χ0n) is 18.5. The van der Waals surface area contributed by atoms with Gasteiger partial charge in [0.15, 0.2) is 0 Å². The Morgan fingerprint density at radius 2 is 1.94 bits per heavy atom. The Balaban J connectivity index is 2.10. The molecule has 1 aromatic rings. The largest absolute Gasteiger partial charge is 0.467 e. The molecule has 2 amide bonds. The first kappa shape index (κ1) is 24.4. The fourth-order valence-corrected chi connectivity index (χ4v) is 3.41. The quantitative estimate of drug-likeness (QED) is 0.664. The van der Waals surface area contributed by atoms with Crippen LogP contribution in [0.3, 0.4) is 0 Å². The van der Waals surface area contributed by atoms with E-state index in [9.17, 15) is 14.4 Å². The van der Waals surface area contributed by atoms with Gasteiger partial charge in [-0.05, 0) is 51.7 Å². The number of benzene rings is 1. The number of nitrogens with one attached hydrogen (secondary N) is 1. The lowest BCUT2D eigenvalue weighted by Gasteiger charge is -2.24. The molecule has 0 spiro atoms. The van der Waals surface area contributed by atoms with Crippen molar-refractivity contribution in [3.8, 4) is 0 Å². The molecule has 7 nitrogen and oxygen atoms in total. The van der Waals surface area contributed by atoms with Crippen molar-refractivity contribution in [3.05, 3.63) is 47.8 Å². The number of ether oxygens (including phenoxy) is 2. The van der Waals surface area contributed by atoms with Gasteiger partial charge < -0.3 is 19.7 Å². The maximum absolute atomic E-state index is 15.0. The summed E-state index contributed by atoms with van der Waals surface area (Å²) in [6.07, 6.45) is 1.61. The Labute approximate surface area is 182 Å². The van der Waals surface area contributed by atoms with E-state index in [1.165, 1.54) is 12.0 Å². The maximum atomic E-state index is 15.0. The number of rotatable bonds is 7. The van der Waals surface area contributed by atoms with Crippen molar-refractivity contribution in [2.24, 2.45) is 0 Å². The minimum atomic E-state index is -0.986. The van der Waals surface area contributed by atoms with Crippen molar-refractivity contribution in [1.29, 1.82) is 0 Å². The molecule has 0 aliphatic carbocycles. The Morgan fingerprint density at radius 1 is 1.26 bits per heavy atom. The highest BCUT2D eigenvalue weighted by Gasteiger charge is 2.34. The molecule has 8 heteroatoms. The first-order chi connectivity index (χ1) is 14.6. The van der Waals surface area contributed by atoms with Crippen LogP contribution in [0.2, 0.25) is 0 Å². The Kier molecular flexibility index (Phi) is 8.59. The molecule has 1 aliphatic heterocycles. The number of carbonyl (C=O) groups is 3. The van der Waals surface area contributed by atoms with Crippen LogP contribution < -0.4 is 5.32 Å². The van der Waals surface area contributed by atoms with Crippen LogP contribution in [0.1, 0.15) is 45.6 Å². The summed E-state index contributed by atoms with van der Waals surface area (Å²) in [7, 11) is 1.28. The fourth-order valence-electron chi connectivity index (χ4n) is 3.41. The summed E-state index contributed by atoms with van der Waals surface area (Å²) in [6.45, 7) is 5.59. The highest BCUT2D eigenvalue weighted by molar-refractivity contribution is 5.85. The zero-order chi connectivity index (χ0) is 23.0. The Hall–Kier alpha value is -2.90. The molecule has 0 radical (unpaired) electrons. The van der Waals surface area contributed by atoms with E-state index in [2.05, 4.69) is 5.32 Å². The molecule has 0 aromatic heterocycles. The lowest BCUT2D eigenvalue weighted by atomic mass is 10.0. The summed E-state index contributed by atoms with van der Waals surface area (Å²) in [5.74, 6) is -1.47. The van der Waals surface area contributed by atoms with Crippen LogP contribution in [0.5, 0.6) is 0 Å². The van der Waals surface area contributed by atoms with Crippen molar-refractivity contribution < 1.29 is 28.2 Å². The van der Waals surface area contributed by atoms with E-state index >= 15 is 4.39 Å². The van der Waals surface area contributed by atoms with E-state index < -0.39 is 35.6 Å². The lowest BCUT2D eigenvalue weighted by molar-refractivity contribution is -0.150. The molecule has 0 saturated carbocycles. The van der Waals surface area contributed by atoms with Crippen LogP contribution >= 0.6 is 0 Å². The smallest absolute Gasteiger partial charge is 0.408 e. The van der Waals surface area contributed by atoms with Gasteiger partial charge in [0.05, 0.1) is 13.2 Å². The second kappa shape index (κ2) is 10.9. The molecule has 1 heterocycles. The lowest BCUT2D eigenvalue weighted by Crippen LogP contribution is -2.41.